The largest absolute Gasteiger partial charge is 0.449 e. The van der Waals surface area contributed by atoms with Crippen molar-refractivity contribution >= 4 is 34.1 Å². The van der Waals surface area contributed by atoms with E-state index in [0.29, 0.717) is 48.5 Å². The highest BCUT2D eigenvalue weighted by atomic mass is 32.1. The van der Waals surface area contributed by atoms with Gasteiger partial charge in [-0.15, -0.1) is 11.3 Å². The van der Waals surface area contributed by atoms with Gasteiger partial charge in [-0.25, -0.2) is 9.78 Å². The fraction of sp³-hybridized carbons (Fsp3) is 0.286. The summed E-state index contributed by atoms with van der Waals surface area (Å²) >= 11 is 1.56. The first-order chi connectivity index (χ1) is 13.6. The van der Waals surface area contributed by atoms with Crippen LogP contribution in [0.5, 0.6) is 0 Å². The zero-order chi connectivity index (χ0) is 19.5. The molecule has 1 atom stereocenters. The maximum absolute atomic E-state index is 12.9. The van der Waals surface area contributed by atoms with Crippen molar-refractivity contribution in [1.82, 2.24) is 9.88 Å². The van der Waals surface area contributed by atoms with Crippen molar-refractivity contribution in [1.29, 1.82) is 0 Å². The second-order valence-electron chi connectivity index (χ2n) is 6.53. The van der Waals surface area contributed by atoms with E-state index in [1.54, 1.807) is 29.2 Å². The minimum Gasteiger partial charge on any atom is -0.449 e. The lowest BCUT2D eigenvalue weighted by Crippen LogP contribution is -2.46. The highest BCUT2D eigenvalue weighted by molar-refractivity contribution is 7.13. The normalized spacial score (nSPS) is 15.4. The Morgan fingerprint density at radius 3 is 2.71 bits per heavy atom. The van der Waals surface area contributed by atoms with E-state index >= 15 is 0 Å². The minimum atomic E-state index is -0.859. The topological polar surface area (TPSA) is 68.7 Å². The molecule has 0 saturated carbocycles. The fourth-order valence-corrected chi connectivity index (χ4v) is 3.90. The molecule has 1 saturated heterocycles. The Labute approximate surface area is 166 Å². The number of nitrogens with zero attached hydrogens (tertiary/aromatic N) is 2. The van der Waals surface area contributed by atoms with Crippen LogP contribution in [0.4, 0.5) is 0 Å². The molecule has 0 radical (unpaired) electrons. The van der Waals surface area contributed by atoms with Crippen LogP contribution in [0, 0.1) is 0 Å². The molecule has 4 rings (SSSR count). The molecule has 1 aromatic carbocycles. The Bertz CT molecular complexity index is 997. The van der Waals surface area contributed by atoms with Gasteiger partial charge in [0, 0.05) is 18.5 Å². The molecule has 7 heteroatoms. The average molecular weight is 396 g/mol. The van der Waals surface area contributed by atoms with Gasteiger partial charge in [0.05, 0.1) is 34.9 Å². The Kier molecular flexibility index (Phi) is 5.36. The van der Waals surface area contributed by atoms with Crippen molar-refractivity contribution in [2.75, 3.05) is 26.3 Å². The van der Waals surface area contributed by atoms with E-state index in [1.807, 2.05) is 41.8 Å². The van der Waals surface area contributed by atoms with Crippen LogP contribution in [0.1, 0.15) is 17.3 Å². The van der Waals surface area contributed by atoms with Gasteiger partial charge in [-0.1, -0.05) is 24.3 Å². The minimum absolute atomic E-state index is 0.200. The van der Waals surface area contributed by atoms with E-state index in [1.165, 1.54) is 0 Å². The quantitative estimate of drug-likeness (QED) is 0.633. The van der Waals surface area contributed by atoms with Crippen molar-refractivity contribution in [3.05, 3.63) is 53.4 Å². The number of ether oxygens (including phenoxy) is 2. The number of aromatic nitrogens is 1. The lowest BCUT2D eigenvalue weighted by Gasteiger charge is -2.29. The molecule has 1 aliphatic heterocycles. The molecular weight excluding hydrogens is 376 g/mol. The molecule has 1 fully saturated rings. The van der Waals surface area contributed by atoms with E-state index in [2.05, 4.69) is 4.98 Å². The van der Waals surface area contributed by atoms with E-state index in [-0.39, 0.29) is 5.91 Å². The number of morpholine rings is 1. The number of pyridine rings is 1. The smallest absolute Gasteiger partial charge is 0.339 e. The molecule has 0 N–H and O–H groups in total. The number of benzene rings is 1. The average Bonchev–Trinajstić information content (AvgIpc) is 3.28. The van der Waals surface area contributed by atoms with E-state index in [0.717, 1.165) is 4.88 Å². The maximum Gasteiger partial charge on any atom is 0.339 e. The third-order valence-electron chi connectivity index (χ3n) is 4.66. The van der Waals surface area contributed by atoms with Crippen LogP contribution in [0.15, 0.2) is 47.8 Å². The monoisotopic (exact) mass is 396 g/mol. The maximum atomic E-state index is 12.9. The van der Waals surface area contributed by atoms with Crippen LogP contribution in [-0.4, -0.2) is 54.2 Å². The summed E-state index contributed by atoms with van der Waals surface area (Å²) in [6.07, 6.45) is -0.859. The molecule has 0 aliphatic carbocycles. The van der Waals surface area contributed by atoms with E-state index in [4.69, 9.17) is 9.47 Å². The van der Waals surface area contributed by atoms with Gasteiger partial charge in [-0.2, -0.15) is 0 Å². The van der Waals surface area contributed by atoms with Gasteiger partial charge in [-0.05, 0) is 30.5 Å². The molecule has 0 bridgehead atoms. The summed E-state index contributed by atoms with van der Waals surface area (Å²) in [5.74, 6) is -0.723. The molecule has 28 heavy (non-hydrogen) atoms. The first-order valence-corrected chi connectivity index (χ1v) is 10.0. The van der Waals surface area contributed by atoms with Crippen LogP contribution < -0.4 is 0 Å². The van der Waals surface area contributed by atoms with E-state index in [9.17, 15) is 9.59 Å². The molecule has 3 heterocycles. The van der Waals surface area contributed by atoms with Gasteiger partial charge >= 0.3 is 5.97 Å². The number of amides is 1. The van der Waals surface area contributed by atoms with Crippen LogP contribution >= 0.6 is 11.3 Å². The number of hydrogen-bond acceptors (Lipinski definition) is 6. The second-order valence-corrected chi connectivity index (χ2v) is 7.48. The van der Waals surface area contributed by atoms with Crippen molar-refractivity contribution in [2.45, 2.75) is 13.0 Å². The highest BCUT2D eigenvalue weighted by Gasteiger charge is 2.26. The third-order valence-corrected chi connectivity index (χ3v) is 5.56. The number of carbonyl (C=O) groups excluding carboxylic acids is 2. The van der Waals surface area contributed by atoms with Crippen molar-refractivity contribution in [3.63, 3.8) is 0 Å². The number of esters is 1. The van der Waals surface area contributed by atoms with Gasteiger partial charge < -0.3 is 14.4 Å². The molecule has 1 unspecified atom stereocenters. The third kappa shape index (κ3) is 3.76. The molecule has 0 spiro atoms. The molecule has 2 aromatic heterocycles. The lowest BCUT2D eigenvalue weighted by molar-refractivity contribution is -0.143. The van der Waals surface area contributed by atoms with Crippen LogP contribution in [0.25, 0.3) is 21.5 Å². The van der Waals surface area contributed by atoms with Crippen LogP contribution in [0.3, 0.4) is 0 Å². The Morgan fingerprint density at radius 2 is 1.96 bits per heavy atom. The molecule has 1 amide bonds. The molecule has 1 aliphatic rings. The highest BCUT2D eigenvalue weighted by Crippen LogP contribution is 2.28. The zero-order valence-corrected chi connectivity index (χ0v) is 16.3. The zero-order valence-electron chi connectivity index (χ0n) is 15.5. The molecule has 6 nitrogen and oxygen atoms in total. The van der Waals surface area contributed by atoms with Crippen molar-refractivity contribution in [2.24, 2.45) is 0 Å². The summed E-state index contributed by atoms with van der Waals surface area (Å²) in [6, 6.07) is 13.1. The van der Waals surface area contributed by atoms with Gasteiger partial charge in [-0.3, -0.25) is 4.79 Å². The summed E-state index contributed by atoms with van der Waals surface area (Å²) in [4.78, 5) is 32.8. The number of rotatable bonds is 4. The summed E-state index contributed by atoms with van der Waals surface area (Å²) in [7, 11) is 0. The van der Waals surface area contributed by atoms with Gasteiger partial charge in [0.15, 0.2) is 6.10 Å². The van der Waals surface area contributed by atoms with Gasteiger partial charge in [0.2, 0.25) is 0 Å². The number of para-hydroxylation sites is 1. The summed E-state index contributed by atoms with van der Waals surface area (Å²) in [6.45, 7) is 3.65. The van der Waals surface area contributed by atoms with Gasteiger partial charge in [0.25, 0.3) is 5.91 Å². The number of carbonyl (C=O) groups is 2. The van der Waals surface area contributed by atoms with Crippen LogP contribution in [-0.2, 0) is 14.3 Å². The predicted octanol–water partition coefficient (Wildman–Crippen LogP) is 3.37. The first-order valence-electron chi connectivity index (χ1n) is 9.14. The summed E-state index contributed by atoms with van der Waals surface area (Å²) < 4.78 is 10.8. The summed E-state index contributed by atoms with van der Waals surface area (Å²) in [5, 5.41) is 2.67. The Balaban J connectivity index is 1.62. The van der Waals surface area contributed by atoms with Gasteiger partial charge in [0.1, 0.15) is 0 Å². The molecular formula is C21H20N2O4S. The summed E-state index contributed by atoms with van der Waals surface area (Å²) in [5.41, 5.74) is 1.84. The predicted molar refractivity (Wildman–Crippen MR) is 107 cm³/mol. The lowest BCUT2D eigenvalue weighted by atomic mass is 10.1. The number of hydrogen-bond donors (Lipinski definition) is 0. The standard InChI is InChI=1S/C21H20N2O4S/c1-14(20(24)23-8-10-26-11-9-23)27-21(25)16-13-18(19-7-4-12-28-19)22-17-6-3-2-5-15(16)17/h2-7,12-14H,8-11H2,1H3. The SMILES string of the molecule is CC(OC(=O)c1cc(-c2cccs2)nc2ccccc12)C(=O)N1CCOCC1. The number of fused-ring (bicyclic) bond motifs is 1. The van der Waals surface area contributed by atoms with Crippen LogP contribution in [0.2, 0.25) is 0 Å². The fourth-order valence-electron chi connectivity index (χ4n) is 3.21. The second kappa shape index (κ2) is 8.08. The van der Waals surface area contributed by atoms with Crippen molar-refractivity contribution < 1.29 is 19.1 Å². The number of thiophene rings is 1. The Hall–Kier alpha value is -2.77. The molecule has 144 valence electrons. The molecule has 3 aromatic rings. The first kappa shape index (κ1) is 18.6. The van der Waals surface area contributed by atoms with E-state index < -0.39 is 12.1 Å². The van der Waals surface area contributed by atoms with Crippen molar-refractivity contribution in [3.8, 4) is 10.6 Å². The Morgan fingerprint density at radius 1 is 1.18 bits per heavy atom.